The lowest BCUT2D eigenvalue weighted by Crippen LogP contribution is -2.27. The molecule has 1 N–H and O–H groups in total. The molecule has 4 nitrogen and oxygen atoms in total. The van der Waals surface area contributed by atoms with Crippen molar-refractivity contribution in [2.75, 3.05) is 0 Å². The number of amides is 1. The van der Waals surface area contributed by atoms with Crippen molar-refractivity contribution in [3.05, 3.63) is 70.0 Å². The first-order chi connectivity index (χ1) is 10.6. The Labute approximate surface area is 137 Å². The molecule has 0 aliphatic carbocycles. The predicted molar refractivity (Wildman–Crippen MR) is 88.5 cm³/mol. The van der Waals surface area contributed by atoms with Gasteiger partial charge in [0.05, 0.1) is 6.04 Å². The molecule has 2 rings (SSSR count). The first-order valence-electron chi connectivity index (χ1n) is 6.69. The largest absolute Gasteiger partial charge is 0.345 e. The van der Waals surface area contributed by atoms with Gasteiger partial charge in [0.25, 0.3) is 5.91 Å². The Morgan fingerprint density at radius 1 is 1.32 bits per heavy atom. The molecule has 1 unspecified atom stereocenters. The predicted octanol–water partition coefficient (Wildman–Crippen LogP) is 3.63. The molecule has 1 aromatic heterocycles. The highest BCUT2D eigenvalue weighted by Gasteiger charge is 2.13. The van der Waals surface area contributed by atoms with Crippen LogP contribution in [0.5, 0.6) is 0 Å². The molecule has 110 valence electrons. The van der Waals surface area contributed by atoms with Gasteiger partial charge in [0.15, 0.2) is 0 Å². The molecule has 0 aliphatic rings. The van der Waals surface area contributed by atoms with E-state index in [-0.39, 0.29) is 11.6 Å². The lowest BCUT2D eigenvalue weighted by molar-refractivity contribution is -0.117. The number of carbonyl (C=O) groups excluding carboxylic acids is 1. The highest BCUT2D eigenvalue weighted by Crippen LogP contribution is 2.14. The zero-order valence-electron chi connectivity index (χ0n) is 12.0. The van der Waals surface area contributed by atoms with Crippen LogP contribution in [-0.2, 0) is 4.79 Å². The lowest BCUT2D eigenvalue weighted by atomic mass is 10.1. The van der Waals surface area contributed by atoms with Gasteiger partial charge in [-0.2, -0.15) is 5.26 Å². The fourth-order valence-corrected chi connectivity index (χ4v) is 2.12. The Kier molecular flexibility index (Phi) is 5.45. The van der Waals surface area contributed by atoms with E-state index in [2.05, 4.69) is 26.2 Å². The average Bonchev–Trinajstić information content (AvgIpc) is 2.55. The van der Waals surface area contributed by atoms with Gasteiger partial charge in [-0.3, -0.25) is 4.79 Å². The normalized spacial score (nSPS) is 12.3. The Hall–Kier alpha value is -2.45. The van der Waals surface area contributed by atoms with E-state index in [9.17, 15) is 10.1 Å². The van der Waals surface area contributed by atoms with Gasteiger partial charge in [-0.25, -0.2) is 4.98 Å². The van der Waals surface area contributed by atoms with Crippen LogP contribution < -0.4 is 5.32 Å². The fraction of sp³-hybridized carbons (Fsp3) is 0.118. The summed E-state index contributed by atoms with van der Waals surface area (Å²) in [5.74, 6) is -0.401. The molecule has 0 saturated carbocycles. The van der Waals surface area contributed by atoms with Crippen molar-refractivity contribution >= 4 is 27.9 Å². The maximum Gasteiger partial charge on any atom is 0.262 e. The minimum atomic E-state index is -0.401. The van der Waals surface area contributed by atoms with Gasteiger partial charge in [0, 0.05) is 6.20 Å². The number of hydrogen-bond acceptors (Lipinski definition) is 3. The molecule has 0 aliphatic heterocycles. The molecule has 1 aromatic carbocycles. The number of nitrogens with zero attached hydrogens (tertiary/aromatic N) is 2. The van der Waals surface area contributed by atoms with E-state index in [0.29, 0.717) is 10.2 Å². The molecule has 0 spiro atoms. The molecule has 1 atom stereocenters. The minimum Gasteiger partial charge on any atom is -0.345 e. The number of hydrogen-bond donors (Lipinski definition) is 1. The smallest absolute Gasteiger partial charge is 0.262 e. The summed E-state index contributed by atoms with van der Waals surface area (Å²) < 4.78 is 0.699. The van der Waals surface area contributed by atoms with Gasteiger partial charge < -0.3 is 5.32 Å². The van der Waals surface area contributed by atoms with Gasteiger partial charge in [-0.15, -0.1) is 0 Å². The second-order valence-corrected chi connectivity index (χ2v) is 5.50. The zero-order valence-corrected chi connectivity index (χ0v) is 13.5. The van der Waals surface area contributed by atoms with Crippen molar-refractivity contribution in [1.29, 1.82) is 5.26 Å². The summed E-state index contributed by atoms with van der Waals surface area (Å²) in [6.45, 7) is 1.88. The van der Waals surface area contributed by atoms with Crippen LogP contribution in [0.25, 0.3) is 6.08 Å². The molecule has 22 heavy (non-hydrogen) atoms. The van der Waals surface area contributed by atoms with Crippen LogP contribution in [0.4, 0.5) is 0 Å². The van der Waals surface area contributed by atoms with E-state index in [1.165, 1.54) is 6.08 Å². The number of nitrogens with one attached hydrogen (secondary N) is 1. The summed E-state index contributed by atoms with van der Waals surface area (Å²) in [5, 5.41) is 12.0. The Bertz CT molecular complexity index is 718. The van der Waals surface area contributed by atoms with Crippen LogP contribution in [0.3, 0.4) is 0 Å². The molecule has 1 heterocycles. The molecular weight excluding hydrogens is 342 g/mol. The number of benzene rings is 1. The van der Waals surface area contributed by atoms with Crippen LogP contribution >= 0.6 is 15.9 Å². The first kappa shape index (κ1) is 15.9. The fourth-order valence-electron chi connectivity index (χ4n) is 1.89. The first-order valence-corrected chi connectivity index (χ1v) is 7.48. The van der Waals surface area contributed by atoms with Crippen LogP contribution in [0.2, 0.25) is 0 Å². The van der Waals surface area contributed by atoms with Crippen molar-refractivity contribution in [2.45, 2.75) is 13.0 Å². The topological polar surface area (TPSA) is 65.8 Å². The Balaban J connectivity index is 2.12. The standard InChI is InChI=1S/C17H14BrN3O/c1-12(14-5-3-2-4-6-14)21-17(22)15(10-19)9-13-7-8-16(18)20-11-13/h2-9,11-12H,1H3,(H,21,22)/b15-9+. The van der Waals surface area contributed by atoms with Gasteiger partial charge >= 0.3 is 0 Å². The third kappa shape index (κ3) is 4.27. The van der Waals surface area contributed by atoms with Crippen molar-refractivity contribution in [1.82, 2.24) is 10.3 Å². The molecule has 5 heteroatoms. The summed E-state index contributed by atoms with van der Waals surface area (Å²) in [6, 6.07) is 14.9. The number of rotatable bonds is 4. The molecular formula is C17H14BrN3O. The monoisotopic (exact) mass is 355 g/mol. The average molecular weight is 356 g/mol. The summed E-state index contributed by atoms with van der Waals surface area (Å²) in [7, 11) is 0. The van der Waals surface area contributed by atoms with E-state index >= 15 is 0 Å². The van der Waals surface area contributed by atoms with E-state index in [4.69, 9.17) is 0 Å². The molecule has 0 radical (unpaired) electrons. The van der Waals surface area contributed by atoms with E-state index < -0.39 is 5.91 Å². The summed E-state index contributed by atoms with van der Waals surface area (Å²) in [4.78, 5) is 16.3. The van der Waals surface area contributed by atoms with Gasteiger partial charge in [0.1, 0.15) is 16.2 Å². The van der Waals surface area contributed by atoms with Gasteiger partial charge in [-0.1, -0.05) is 36.4 Å². The van der Waals surface area contributed by atoms with Crippen molar-refractivity contribution < 1.29 is 4.79 Å². The van der Waals surface area contributed by atoms with Crippen LogP contribution in [-0.4, -0.2) is 10.9 Å². The van der Waals surface area contributed by atoms with Crippen LogP contribution in [0.15, 0.2) is 58.8 Å². The van der Waals surface area contributed by atoms with Crippen molar-refractivity contribution in [3.63, 3.8) is 0 Å². The SMILES string of the molecule is CC(NC(=O)/C(C#N)=C/c1ccc(Br)nc1)c1ccccc1. The van der Waals surface area contributed by atoms with Crippen molar-refractivity contribution in [3.8, 4) is 6.07 Å². The van der Waals surface area contributed by atoms with E-state index in [1.54, 1.807) is 18.3 Å². The molecule has 0 saturated heterocycles. The highest BCUT2D eigenvalue weighted by molar-refractivity contribution is 9.10. The number of nitriles is 1. The maximum absolute atomic E-state index is 12.2. The summed E-state index contributed by atoms with van der Waals surface area (Å²) >= 11 is 3.24. The van der Waals surface area contributed by atoms with E-state index in [1.807, 2.05) is 43.3 Å². The number of halogens is 1. The van der Waals surface area contributed by atoms with Crippen LogP contribution in [0, 0.1) is 11.3 Å². The van der Waals surface area contributed by atoms with E-state index in [0.717, 1.165) is 5.56 Å². The Morgan fingerprint density at radius 3 is 2.64 bits per heavy atom. The second kappa shape index (κ2) is 7.53. The second-order valence-electron chi connectivity index (χ2n) is 4.69. The Morgan fingerprint density at radius 2 is 2.05 bits per heavy atom. The third-order valence-electron chi connectivity index (χ3n) is 3.07. The molecule has 0 fully saturated rings. The number of aromatic nitrogens is 1. The van der Waals surface area contributed by atoms with Gasteiger partial charge in [-0.05, 0) is 46.1 Å². The quantitative estimate of drug-likeness (QED) is 0.517. The lowest BCUT2D eigenvalue weighted by Gasteiger charge is -2.13. The van der Waals surface area contributed by atoms with Crippen molar-refractivity contribution in [2.24, 2.45) is 0 Å². The number of carbonyl (C=O) groups is 1. The van der Waals surface area contributed by atoms with Gasteiger partial charge in [0.2, 0.25) is 0 Å². The molecule has 0 bridgehead atoms. The molecule has 1 amide bonds. The summed E-state index contributed by atoms with van der Waals surface area (Å²) in [6.07, 6.45) is 3.11. The maximum atomic E-state index is 12.2. The van der Waals surface area contributed by atoms with Crippen LogP contribution in [0.1, 0.15) is 24.1 Å². The minimum absolute atomic E-state index is 0.0481. The number of pyridine rings is 1. The summed E-state index contributed by atoms with van der Waals surface area (Å²) in [5.41, 5.74) is 1.73. The third-order valence-corrected chi connectivity index (χ3v) is 3.54. The zero-order chi connectivity index (χ0) is 15.9. The highest BCUT2D eigenvalue weighted by atomic mass is 79.9. The molecule has 2 aromatic rings.